The van der Waals surface area contributed by atoms with E-state index in [2.05, 4.69) is 5.32 Å². The second kappa shape index (κ2) is 5.21. The molecule has 5 heteroatoms. The lowest BCUT2D eigenvalue weighted by atomic mass is 10.2. The van der Waals surface area contributed by atoms with E-state index < -0.39 is 12.7 Å². The van der Waals surface area contributed by atoms with Crippen molar-refractivity contribution in [3.63, 3.8) is 0 Å². The van der Waals surface area contributed by atoms with Gasteiger partial charge in [0.15, 0.2) is 0 Å². The van der Waals surface area contributed by atoms with Gasteiger partial charge in [-0.2, -0.15) is 13.2 Å². The Labute approximate surface area is 93.1 Å². The Kier molecular flexibility index (Phi) is 4.18. The van der Waals surface area contributed by atoms with Crippen LogP contribution in [0.1, 0.15) is 5.56 Å². The predicted molar refractivity (Wildman–Crippen MR) is 58.5 cm³/mol. The predicted octanol–water partition coefficient (Wildman–Crippen LogP) is 2.40. The summed E-state index contributed by atoms with van der Waals surface area (Å²) in [5, 5.41) is 2.98. The lowest BCUT2D eigenvalue weighted by Crippen LogP contribution is -2.30. The molecule has 90 valence electrons. The van der Waals surface area contributed by atoms with Gasteiger partial charge in [-0.05, 0) is 24.7 Å². The number of rotatable bonds is 4. The average Bonchev–Trinajstić information content (AvgIpc) is 2.16. The zero-order valence-electron chi connectivity index (χ0n) is 9.30. The molecule has 1 N–H and O–H groups in total. The Morgan fingerprint density at radius 3 is 2.19 bits per heavy atom. The summed E-state index contributed by atoms with van der Waals surface area (Å²) in [6.45, 7) is -0.221. The highest BCUT2D eigenvalue weighted by molar-refractivity contribution is 5.47. The van der Waals surface area contributed by atoms with E-state index in [0.29, 0.717) is 12.2 Å². The van der Waals surface area contributed by atoms with Gasteiger partial charge in [0, 0.05) is 19.3 Å². The molecule has 0 fully saturated rings. The van der Waals surface area contributed by atoms with E-state index in [1.54, 1.807) is 12.1 Å². The van der Waals surface area contributed by atoms with E-state index in [-0.39, 0.29) is 0 Å². The van der Waals surface area contributed by atoms with Gasteiger partial charge >= 0.3 is 6.18 Å². The normalized spacial score (nSPS) is 11.6. The molecule has 0 bridgehead atoms. The maximum absolute atomic E-state index is 12.1. The highest BCUT2D eigenvalue weighted by Crippen LogP contribution is 2.20. The highest BCUT2D eigenvalue weighted by Gasteiger charge is 2.29. The van der Waals surface area contributed by atoms with Crippen molar-refractivity contribution in [3.8, 4) is 0 Å². The first-order valence-electron chi connectivity index (χ1n) is 4.94. The van der Waals surface area contributed by atoms with Crippen molar-refractivity contribution in [2.24, 2.45) is 0 Å². The molecule has 0 aliphatic heterocycles. The Bertz CT molecular complexity index is 319. The van der Waals surface area contributed by atoms with E-state index in [1.165, 1.54) is 11.9 Å². The summed E-state index contributed by atoms with van der Waals surface area (Å²) in [7, 11) is 3.25. The summed E-state index contributed by atoms with van der Waals surface area (Å²) in [4.78, 5) is 1.18. The second-order valence-corrected chi connectivity index (χ2v) is 3.67. The molecule has 0 aliphatic rings. The van der Waals surface area contributed by atoms with Crippen molar-refractivity contribution in [2.75, 3.05) is 25.5 Å². The fourth-order valence-electron chi connectivity index (χ4n) is 1.43. The average molecular weight is 232 g/mol. The topological polar surface area (TPSA) is 15.3 Å². The maximum Gasteiger partial charge on any atom is 0.405 e. The third kappa shape index (κ3) is 4.10. The molecule has 16 heavy (non-hydrogen) atoms. The van der Waals surface area contributed by atoms with Crippen LogP contribution in [0.3, 0.4) is 0 Å². The van der Waals surface area contributed by atoms with Crippen LogP contribution in [-0.4, -0.2) is 26.8 Å². The largest absolute Gasteiger partial charge is 0.405 e. The SMILES string of the molecule is CNCc1ccc(N(C)CC(F)(F)F)cc1. The first-order valence-corrected chi connectivity index (χ1v) is 4.94. The number of alkyl halides is 3. The molecule has 1 aromatic rings. The van der Waals surface area contributed by atoms with Crippen LogP contribution in [0.15, 0.2) is 24.3 Å². The van der Waals surface area contributed by atoms with Crippen LogP contribution in [0.4, 0.5) is 18.9 Å². The highest BCUT2D eigenvalue weighted by atomic mass is 19.4. The Hall–Kier alpha value is -1.23. The van der Waals surface area contributed by atoms with Gasteiger partial charge in [-0.1, -0.05) is 12.1 Å². The monoisotopic (exact) mass is 232 g/mol. The molecule has 1 aromatic carbocycles. The van der Waals surface area contributed by atoms with Gasteiger partial charge in [0.2, 0.25) is 0 Å². The zero-order chi connectivity index (χ0) is 12.2. The van der Waals surface area contributed by atoms with Crippen LogP contribution in [0.5, 0.6) is 0 Å². The molecule has 0 saturated heterocycles. The number of benzene rings is 1. The van der Waals surface area contributed by atoms with Crippen LogP contribution in [0, 0.1) is 0 Å². The number of nitrogens with zero attached hydrogens (tertiary/aromatic N) is 1. The summed E-state index contributed by atoms with van der Waals surface area (Å²) >= 11 is 0. The number of nitrogens with one attached hydrogen (secondary N) is 1. The van der Waals surface area contributed by atoms with Gasteiger partial charge in [0.25, 0.3) is 0 Å². The fourth-order valence-corrected chi connectivity index (χ4v) is 1.43. The van der Waals surface area contributed by atoms with E-state index in [9.17, 15) is 13.2 Å². The minimum Gasteiger partial charge on any atom is -0.366 e. The van der Waals surface area contributed by atoms with Gasteiger partial charge in [-0.15, -0.1) is 0 Å². The maximum atomic E-state index is 12.1. The van der Waals surface area contributed by atoms with Gasteiger partial charge in [0.05, 0.1) is 0 Å². The molecule has 1 rings (SSSR count). The van der Waals surface area contributed by atoms with Crippen molar-refractivity contribution < 1.29 is 13.2 Å². The molecule has 2 nitrogen and oxygen atoms in total. The lowest BCUT2D eigenvalue weighted by molar-refractivity contribution is -0.119. The lowest BCUT2D eigenvalue weighted by Gasteiger charge is -2.21. The van der Waals surface area contributed by atoms with Crippen molar-refractivity contribution in [1.29, 1.82) is 0 Å². The molecule has 0 radical (unpaired) electrons. The minimum atomic E-state index is -4.17. The van der Waals surface area contributed by atoms with E-state index in [1.807, 2.05) is 19.2 Å². The van der Waals surface area contributed by atoms with Crippen molar-refractivity contribution in [2.45, 2.75) is 12.7 Å². The van der Waals surface area contributed by atoms with Crippen LogP contribution in [0.25, 0.3) is 0 Å². The van der Waals surface area contributed by atoms with Crippen LogP contribution in [0.2, 0.25) is 0 Å². The molecule has 0 atom stereocenters. The molecule has 0 aromatic heterocycles. The standard InChI is InChI=1S/C11H15F3N2/c1-15-7-9-3-5-10(6-4-9)16(2)8-11(12,13)14/h3-6,15H,7-8H2,1-2H3. The summed E-state index contributed by atoms with van der Waals surface area (Å²) < 4.78 is 36.4. The van der Waals surface area contributed by atoms with Crippen molar-refractivity contribution in [3.05, 3.63) is 29.8 Å². The Morgan fingerprint density at radius 2 is 1.75 bits per heavy atom. The molecule has 0 saturated carbocycles. The summed E-state index contributed by atoms with van der Waals surface area (Å²) in [5.41, 5.74) is 1.61. The molecular weight excluding hydrogens is 217 g/mol. The molecular formula is C11H15F3N2. The smallest absolute Gasteiger partial charge is 0.366 e. The van der Waals surface area contributed by atoms with Gasteiger partial charge < -0.3 is 10.2 Å². The summed E-state index contributed by atoms with van der Waals surface area (Å²) in [6.07, 6.45) is -4.17. The third-order valence-electron chi connectivity index (χ3n) is 2.17. The molecule has 0 unspecified atom stereocenters. The second-order valence-electron chi connectivity index (χ2n) is 3.67. The quantitative estimate of drug-likeness (QED) is 0.857. The number of halogens is 3. The Balaban J connectivity index is 2.66. The van der Waals surface area contributed by atoms with E-state index in [4.69, 9.17) is 0 Å². The summed E-state index contributed by atoms with van der Waals surface area (Å²) in [5.74, 6) is 0. The molecule has 0 amide bonds. The van der Waals surface area contributed by atoms with Crippen LogP contribution >= 0.6 is 0 Å². The first-order chi connectivity index (χ1) is 7.42. The number of hydrogen-bond acceptors (Lipinski definition) is 2. The minimum absolute atomic E-state index is 0.567. The third-order valence-corrected chi connectivity index (χ3v) is 2.17. The molecule has 0 aliphatic carbocycles. The first kappa shape index (κ1) is 12.8. The number of hydrogen-bond donors (Lipinski definition) is 1. The van der Waals surface area contributed by atoms with Crippen LogP contribution < -0.4 is 10.2 Å². The molecule has 0 heterocycles. The van der Waals surface area contributed by atoms with E-state index >= 15 is 0 Å². The van der Waals surface area contributed by atoms with Gasteiger partial charge in [-0.25, -0.2) is 0 Å². The van der Waals surface area contributed by atoms with Crippen molar-refractivity contribution in [1.82, 2.24) is 5.32 Å². The van der Waals surface area contributed by atoms with Gasteiger partial charge in [-0.3, -0.25) is 0 Å². The van der Waals surface area contributed by atoms with E-state index in [0.717, 1.165) is 5.56 Å². The molecule has 0 spiro atoms. The fraction of sp³-hybridized carbons (Fsp3) is 0.455. The number of anilines is 1. The van der Waals surface area contributed by atoms with Crippen LogP contribution in [-0.2, 0) is 6.54 Å². The zero-order valence-corrected chi connectivity index (χ0v) is 9.30. The summed E-state index contributed by atoms with van der Waals surface area (Å²) in [6, 6.07) is 7.02. The van der Waals surface area contributed by atoms with Crippen molar-refractivity contribution >= 4 is 5.69 Å². The van der Waals surface area contributed by atoms with Gasteiger partial charge in [0.1, 0.15) is 6.54 Å². The Morgan fingerprint density at radius 1 is 1.19 bits per heavy atom.